The molecule has 3 unspecified atom stereocenters. The van der Waals surface area contributed by atoms with E-state index in [9.17, 15) is 9.59 Å². The van der Waals surface area contributed by atoms with Crippen LogP contribution in [-0.4, -0.2) is 38.6 Å². The highest BCUT2D eigenvalue weighted by Crippen LogP contribution is 2.34. The average molecular weight is 348 g/mol. The lowest BCUT2D eigenvalue weighted by atomic mass is 9.74. The first kappa shape index (κ1) is 18.0. The van der Waals surface area contributed by atoms with Gasteiger partial charge in [0.05, 0.1) is 12.0 Å². The van der Waals surface area contributed by atoms with Crippen LogP contribution >= 0.6 is 0 Å². The van der Waals surface area contributed by atoms with E-state index in [1.807, 2.05) is 0 Å². The van der Waals surface area contributed by atoms with Gasteiger partial charge in [0, 0.05) is 5.92 Å². The Bertz CT molecular complexity index is 581. The zero-order chi connectivity index (χ0) is 17.8. The number of ketones is 1. The van der Waals surface area contributed by atoms with E-state index in [0.29, 0.717) is 11.8 Å². The number of carbonyl (C=O) groups excluding carboxylic acids is 2. The van der Waals surface area contributed by atoms with Crippen LogP contribution in [0.25, 0.3) is 0 Å². The molecule has 0 aliphatic heterocycles. The quantitative estimate of drug-likeness (QED) is 0.760. The van der Waals surface area contributed by atoms with E-state index >= 15 is 0 Å². The standard InChI is InChI=1S/C18H28N4O3/c1-12-3-8-16(13(2)9-12)17(23)10-25-18(24)14-4-6-15(7-5-14)22-11-19-20-21-22/h11-16H,3-10H2,1-2H3. The number of tetrazole rings is 1. The summed E-state index contributed by atoms with van der Waals surface area (Å²) in [5.74, 6) is 0.901. The molecule has 138 valence electrons. The van der Waals surface area contributed by atoms with Gasteiger partial charge in [0.2, 0.25) is 0 Å². The Morgan fingerprint density at radius 1 is 1.12 bits per heavy atom. The maximum Gasteiger partial charge on any atom is 0.309 e. The molecule has 7 heteroatoms. The van der Waals surface area contributed by atoms with Gasteiger partial charge in [0.15, 0.2) is 5.78 Å². The summed E-state index contributed by atoms with van der Waals surface area (Å²) in [4.78, 5) is 24.7. The summed E-state index contributed by atoms with van der Waals surface area (Å²) in [5.41, 5.74) is 0. The summed E-state index contributed by atoms with van der Waals surface area (Å²) >= 11 is 0. The predicted octanol–water partition coefficient (Wildman–Crippen LogP) is 2.59. The Kier molecular flexibility index (Phi) is 5.81. The van der Waals surface area contributed by atoms with Gasteiger partial charge in [-0.3, -0.25) is 9.59 Å². The lowest BCUT2D eigenvalue weighted by Gasteiger charge is -2.31. The van der Waals surface area contributed by atoms with Crippen LogP contribution in [0.15, 0.2) is 6.33 Å². The SMILES string of the molecule is CC1CCC(C(=O)COC(=O)C2CCC(n3cnnn3)CC2)C(C)C1. The van der Waals surface area contributed by atoms with Crippen molar-refractivity contribution >= 4 is 11.8 Å². The molecule has 0 saturated heterocycles. The second-order valence-electron chi connectivity index (χ2n) is 7.87. The molecule has 2 aliphatic rings. The number of rotatable bonds is 5. The maximum atomic E-state index is 12.4. The molecule has 1 heterocycles. The molecule has 0 bridgehead atoms. The van der Waals surface area contributed by atoms with Gasteiger partial charge in [-0.05, 0) is 60.8 Å². The summed E-state index contributed by atoms with van der Waals surface area (Å²) in [6.45, 7) is 4.32. The first-order valence-electron chi connectivity index (χ1n) is 9.46. The summed E-state index contributed by atoms with van der Waals surface area (Å²) in [6.07, 6.45) is 7.96. The van der Waals surface area contributed by atoms with Gasteiger partial charge in [-0.15, -0.1) is 5.10 Å². The predicted molar refractivity (Wildman–Crippen MR) is 90.4 cm³/mol. The van der Waals surface area contributed by atoms with Crippen molar-refractivity contribution in [3.63, 3.8) is 0 Å². The molecule has 0 N–H and O–H groups in total. The molecule has 1 aromatic heterocycles. The minimum absolute atomic E-state index is 0.0551. The molecule has 2 saturated carbocycles. The molecule has 7 nitrogen and oxygen atoms in total. The van der Waals surface area contributed by atoms with E-state index in [0.717, 1.165) is 44.9 Å². The fourth-order valence-corrected chi connectivity index (χ4v) is 4.42. The van der Waals surface area contributed by atoms with Crippen LogP contribution in [-0.2, 0) is 14.3 Å². The third kappa shape index (κ3) is 4.44. The van der Waals surface area contributed by atoms with Crippen molar-refractivity contribution in [2.45, 2.75) is 64.8 Å². The fraction of sp³-hybridized carbons (Fsp3) is 0.833. The zero-order valence-corrected chi connectivity index (χ0v) is 15.1. The Morgan fingerprint density at radius 2 is 1.88 bits per heavy atom. The van der Waals surface area contributed by atoms with Crippen LogP contribution in [0.3, 0.4) is 0 Å². The highest BCUT2D eigenvalue weighted by atomic mass is 16.5. The minimum Gasteiger partial charge on any atom is -0.457 e. The number of Topliss-reactive ketones (excluding diaryl/α,β-unsaturated/α-hetero) is 1. The highest BCUT2D eigenvalue weighted by molar-refractivity contribution is 5.85. The second-order valence-corrected chi connectivity index (χ2v) is 7.87. The van der Waals surface area contributed by atoms with Crippen molar-refractivity contribution in [2.24, 2.45) is 23.7 Å². The van der Waals surface area contributed by atoms with E-state index in [4.69, 9.17) is 4.74 Å². The Labute approximate surface area is 148 Å². The fourth-order valence-electron chi connectivity index (χ4n) is 4.42. The Balaban J connectivity index is 1.41. The van der Waals surface area contributed by atoms with Crippen LogP contribution in [0.5, 0.6) is 0 Å². The first-order valence-corrected chi connectivity index (χ1v) is 9.46. The lowest BCUT2D eigenvalue weighted by Crippen LogP contribution is -2.33. The van der Waals surface area contributed by atoms with Gasteiger partial charge in [-0.25, -0.2) is 4.68 Å². The van der Waals surface area contributed by atoms with Crippen molar-refractivity contribution < 1.29 is 14.3 Å². The van der Waals surface area contributed by atoms with E-state index in [1.165, 1.54) is 0 Å². The molecular formula is C18H28N4O3. The number of aromatic nitrogens is 4. The van der Waals surface area contributed by atoms with Crippen molar-refractivity contribution in [1.29, 1.82) is 0 Å². The van der Waals surface area contributed by atoms with E-state index in [-0.39, 0.29) is 36.2 Å². The lowest BCUT2D eigenvalue weighted by molar-refractivity contribution is -0.154. The third-order valence-electron chi connectivity index (χ3n) is 5.97. The van der Waals surface area contributed by atoms with Gasteiger partial charge in [0.1, 0.15) is 12.9 Å². The molecular weight excluding hydrogens is 320 g/mol. The highest BCUT2D eigenvalue weighted by Gasteiger charge is 2.33. The number of carbonyl (C=O) groups is 2. The van der Waals surface area contributed by atoms with E-state index < -0.39 is 0 Å². The number of esters is 1. The van der Waals surface area contributed by atoms with Crippen LogP contribution in [0.2, 0.25) is 0 Å². The smallest absolute Gasteiger partial charge is 0.309 e. The van der Waals surface area contributed by atoms with Crippen LogP contribution < -0.4 is 0 Å². The molecule has 25 heavy (non-hydrogen) atoms. The second kappa shape index (κ2) is 8.06. The number of nitrogens with zero attached hydrogens (tertiary/aromatic N) is 4. The normalized spacial score (nSPS) is 33.0. The van der Waals surface area contributed by atoms with Crippen molar-refractivity contribution in [3.8, 4) is 0 Å². The largest absolute Gasteiger partial charge is 0.457 e. The maximum absolute atomic E-state index is 12.4. The molecule has 0 amide bonds. The molecule has 0 aromatic carbocycles. The van der Waals surface area contributed by atoms with E-state index in [2.05, 4.69) is 29.4 Å². The summed E-state index contributed by atoms with van der Waals surface area (Å²) in [5, 5.41) is 11.2. The van der Waals surface area contributed by atoms with Gasteiger partial charge in [-0.1, -0.05) is 20.3 Å². The minimum atomic E-state index is -0.222. The third-order valence-corrected chi connectivity index (χ3v) is 5.97. The van der Waals surface area contributed by atoms with Crippen LogP contribution in [0.4, 0.5) is 0 Å². The Hall–Kier alpha value is -1.79. The summed E-state index contributed by atoms with van der Waals surface area (Å²) < 4.78 is 7.12. The van der Waals surface area contributed by atoms with Crippen molar-refractivity contribution in [2.75, 3.05) is 6.61 Å². The molecule has 2 fully saturated rings. The molecule has 3 rings (SSSR count). The van der Waals surface area contributed by atoms with Crippen LogP contribution in [0, 0.1) is 23.7 Å². The topological polar surface area (TPSA) is 87.0 Å². The first-order chi connectivity index (χ1) is 12.0. The molecule has 0 radical (unpaired) electrons. The molecule has 1 aromatic rings. The Morgan fingerprint density at radius 3 is 2.52 bits per heavy atom. The summed E-state index contributed by atoms with van der Waals surface area (Å²) in [7, 11) is 0. The summed E-state index contributed by atoms with van der Waals surface area (Å²) in [6, 6.07) is 0.255. The van der Waals surface area contributed by atoms with E-state index in [1.54, 1.807) is 11.0 Å². The molecule has 2 aliphatic carbocycles. The van der Waals surface area contributed by atoms with Gasteiger partial charge < -0.3 is 4.74 Å². The van der Waals surface area contributed by atoms with Crippen LogP contribution in [0.1, 0.15) is 64.8 Å². The molecule has 3 atom stereocenters. The number of ether oxygens (including phenoxy) is 1. The van der Waals surface area contributed by atoms with Gasteiger partial charge >= 0.3 is 5.97 Å². The monoisotopic (exact) mass is 348 g/mol. The van der Waals surface area contributed by atoms with Gasteiger partial charge in [-0.2, -0.15) is 0 Å². The average Bonchev–Trinajstić information content (AvgIpc) is 3.14. The van der Waals surface area contributed by atoms with Crippen molar-refractivity contribution in [3.05, 3.63) is 6.33 Å². The number of hydrogen-bond acceptors (Lipinski definition) is 6. The van der Waals surface area contributed by atoms with Crippen molar-refractivity contribution in [1.82, 2.24) is 20.2 Å². The van der Waals surface area contributed by atoms with Gasteiger partial charge in [0.25, 0.3) is 0 Å². The zero-order valence-electron chi connectivity index (χ0n) is 15.1. The molecule has 0 spiro atoms. The number of hydrogen-bond donors (Lipinski definition) is 0.